The first-order valence-electron chi connectivity index (χ1n) is 7.46. The zero-order valence-corrected chi connectivity index (χ0v) is 14.5. The van der Waals surface area contributed by atoms with Gasteiger partial charge in [0, 0.05) is 21.9 Å². The first kappa shape index (κ1) is 18.8. The normalized spacial score (nSPS) is 11.0. The SMILES string of the molecule is C=C/C=C(/Sc1ccccc1C#N)C(=C)C(=O)NCCC(C)C. The number of thioether (sulfide) groups is 1. The van der Waals surface area contributed by atoms with E-state index in [4.69, 9.17) is 0 Å². The Morgan fingerprint density at radius 2 is 2.13 bits per heavy atom. The number of nitrogens with zero attached hydrogens (tertiary/aromatic N) is 1. The van der Waals surface area contributed by atoms with Gasteiger partial charge in [0.2, 0.25) is 0 Å². The van der Waals surface area contributed by atoms with Crippen molar-refractivity contribution in [2.45, 2.75) is 25.2 Å². The molecule has 1 aromatic carbocycles. The van der Waals surface area contributed by atoms with Gasteiger partial charge < -0.3 is 5.32 Å². The molecular weight excluding hydrogens is 304 g/mol. The Labute approximate surface area is 142 Å². The van der Waals surface area contributed by atoms with E-state index in [0.29, 0.717) is 28.5 Å². The average molecular weight is 326 g/mol. The summed E-state index contributed by atoms with van der Waals surface area (Å²) in [4.78, 5) is 13.7. The van der Waals surface area contributed by atoms with Crippen molar-refractivity contribution in [3.05, 3.63) is 65.6 Å². The van der Waals surface area contributed by atoms with Crippen molar-refractivity contribution in [1.82, 2.24) is 5.32 Å². The van der Waals surface area contributed by atoms with Gasteiger partial charge in [0.1, 0.15) is 6.07 Å². The molecule has 0 radical (unpaired) electrons. The highest BCUT2D eigenvalue weighted by molar-refractivity contribution is 8.03. The third-order valence-corrected chi connectivity index (χ3v) is 4.25. The highest BCUT2D eigenvalue weighted by atomic mass is 32.2. The van der Waals surface area contributed by atoms with Gasteiger partial charge in [0.25, 0.3) is 5.91 Å². The standard InChI is InChI=1S/C19H22N2OS/c1-5-8-17(15(4)19(22)21-12-11-14(2)3)23-18-10-7-6-9-16(18)13-20/h5-10,14H,1,4,11-12H2,2-3H3,(H,21,22)/b17-8+. The summed E-state index contributed by atoms with van der Waals surface area (Å²) >= 11 is 1.35. The van der Waals surface area contributed by atoms with Crippen LogP contribution in [0, 0.1) is 17.2 Å². The lowest BCUT2D eigenvalue weighted by atomic mass is 10.1. The summed E-state index contributed by atoms with van der Waals surface area (Å²) in [6.07, 6.45) is 4.27. The fourth-order valence-electron chi connectivity index (χ4n) is 1.76. The summed E-state index contributed by atoms with van der Waals surface area (Å²) in [5, 5.41) is 12.0. The molecule has 1 aromatic rings. The fraction of sp³-hybridized carbons (Fsp3) is 0.263. The minimum absolute atomic E-state index is 0.194. The first-order chi connectivity index (χ1) is 11.0. The number of benzene rings is 1. The largest absolute Gasteiger partial charge is 0.352 e. The maximum Gasteiger partial charge on any atom is 0.251 e. The molecule has 0 aliphatic carbocycles. The molecule has 1 N–H and O–H groups in total. The molecule has 0 fully saturated rings. The summed E-state index contributed by atoms with van der Waals surface area (Å²) < 4.78 is 0. The summed E-state index contributed by atoms with van der Waals surface area (Å²) in [5.41, 5.74) is 0.951. The Morgan fingerprint density at radius 3 is 2.74 bits per heavy atom. The molecule has 0 saturated heterocycles. The number of rotatable bonds is 8. The van der Waals surface area contributed by atoms with Crippen LogP contribution in [-0.4, -0.2) is 12.5 Å². The summed E-state index contributed by atoms with van der Waals surface area (Å²) in [7, 11) is 0. The van der Waals surface area contributed by atoms with Gasteiger partial charge in [-0.15, -0.1) is 0 Å². The quantitative estimate of drug-likeness (QED) is 0.436. The van der Waals surface area contributed by atoms with Gasteiger partial charge in [-0.1, -0.05) is 57.0 Å². The number of allylic oxidation sites excluding steroid dienone is 2. The predicted octanol–water partition coefficient (Wildman–Crippen LogP) is 4.44. The van der Waals surface area contributed by atoms with Gasteiger partial charge in [-0.05, 0) is 30.5 Å². The van der Waals surface area contributed by atoms with Crippen molar-refractivity contribution in [2.75, 3.05) is 6.54 Å². The number of carbonyl (C=O) groups excluding carboxylic acids is 1. The number of carbonyl (C=O) groups is 1. The van der Waals surface area contributed by atoms with E-state index < -0.39 is 0 Å². The van der Waals surface area contributed by atoms with Crippen LogP contribution in [0.4, 0.5) is 0 Å². The molecule has 23 heavy (non-hydrogen) atoms. The van der Waals surface area contributed by atoms with Crippen LogP contribution in [-0.2, 0) is 4.79 Å². The second kappa shape index (κ2) is 9.70. The highest BCUT2D eigenvalue weighted by Gasteiger charge is 2.14. The number of hydrogen-bond acceptors (Lipinski definition) is 3. The molecule has 0 atom stereocenters. The molecule has 0 bridgehead atoms. The predicted molar refractivity (Wildman–Crippen MR) is 96.9 cm³/mol. The molecule has 1 rings (SSSR count). The molecule has 1 amide bonds. The second-order valence-corrected chi connectivity index (χ2v) is 6.48. The van der Waals surface area contributed by atoms with Crippen LogP contribution in [0.3, 0.4) is 0 Å². The second-order valence-electron chi connectivity index (χ2n) is 5.39. The van der Waals surface area contributed by atoms with Crippen molar-refractivity contribution in [3.63, 3.8) is 0 Å². The molecule has 0 heterocycles. The Hall–Kier alpha value is -2.25. The van der Waals surface area contributed by atoms with E-state index in [-0.39, 0.29) is 5.91 Å². The summed E-state index contributed by atoms with van der Waals surface area (Å²) in [6.45, 7) is 12.4. The van der Waals surface area contributed by atoms with E-state index in [1.165, 1.54) is 11.8 Å². The summed E-state index contributed by atoms with van der Waals surface area (Å²) in [5.74, 6) is 0.337. The van der Waals surface area contributed by atoms with Crippen molar-refractivity contribution in [2.24, 2.45) is 5.92 Å². The third kappa shape index (κ3) is 6.17. The van der Waals surface area contributed by atoms with Gasteiger partial charge in [-0.2, -0.15) is 5.26 Å². The highest BCUT2D eigenvalue weighted by Crippen LogP contribution is 2.33. The fourth-order valence-corrected chi connectivity index (χ4v) is 2.75. The lowest BCUT2D eigenvalue weighted by Crippen LogP contribution is -2.26. The third-order valence-electron chi connectivity index (χ3n) is 3.08. The van der Waals surface area contributed by atoms with Crippen molar-refractivity contribution >= 4 is 17.7 Å². The molecule has 0 unspecified atom stereocenters. The Balaban J connectivity index is 2.84. The number of hydrogen-bond donors (Lipinski definition) is 1. The molecule has 3 nitrogen and oxygen atoms in total. The molecule has 0 aliphatic heterocycles. The van der Waals surface area contributed by atoms with Gasteiger partial charge in [-0.3, -0.25) is 4.79 Å². The van der Waals surface area contributed by atoms with Crippen LogP contribution in [0.1, 0.15) is 25.8 Å². The molecule has 0 aromatic heterocycles. The Morgan fingerprint density at radius 1 is 1.43 bits per heavy atom. The van der Waals surface area contributed by atoms with Crippen LogP contribution < -0.4 is 5.32 Å². The van der Waals surface area contributed by atoms with Crippen LogP contribution in [0.25, 0.3) is 0 Å². The molecule has 0 aliphatic rings. The van der Waals surface area contributed by atoms with Crippen LogP contribution in [0.5, 0.6) is 0 Å². The Kier molecular flexibility index (Phi) is 7.93. The van der Waals surface area contributed by atoms with Crippen LogP contribution >= 0.6 is 11.8 Å². The maximum absolute atomic E-state index is 12.2. The van der Waals surface area contributed by atoms with Gasteiger partial charge in [0.15, 0.2) is 0 Å². The molecule has 0 saturated carbocycles. The van der Waals surface area contributed by atoms with Crippen molar-refractivity contribution in [1.29, 1.82) is 5.26 Å². The average Bonchev–Trinajstić information content (AvgIpc) is 2.53. The van der Waals surface area contributed by atoms with Crippen LogP contribution in [0.2, 0.25) is 0 Å². The molecule has 4 heteroatoms. The van der Waals surface area contributed by atoms with Crippen molar-refractivity contribution in [3.8, 4) is 6.07 Å². The topological polar surface area (TPSA) is 52.9 Å². The Bertz CT molecular complexity index is 654. The lowest BCUT2D eigenvalue weighted by Gasteiger charge is -2.12. The van der Waals surface area contributed by atoms with E-state index in [9.17, 15) is 10.1 Å². The molecular formula is C19H22N2OS. The zero-order chi connectivity index (χ0) is 17.2. The zero-order valence-electron chi connectivity index (χ0n) is 13.6. The smallest absolute Gasteiger partial charge is 0.251 e. The number of nitrogens with one attached hydrogen (secondary N) is 1. The van der Waals surface area contributed by atoms with Gasteiger partial charge in [-0.25, -0.2) is 0 Å². The van der Waals surface area contributed by atoms with Crippen molar-refractivity contribution < 1.29 is 4.79 Å². The molecule has 0 spiro atoms. The summed E-state index contributed by atoms with van der Waals surface area (Å²) in [6, 6.07) is 9.43. The minimum Gasteiger partial charge on any atom is -0.352 e. The van der Waals surface area contributed by atoms with Crippen LogP contribution in [0.15, 0.2) is 64.9 Å². The number of amides is 1. The lowest BCUT2D eigenvalue weighted by molar-refractivity contribution is -0.117. The minimum atomic E-state index is -0.194. The van der Waals surface area contributed by atoms with Gasteiger partial charge >= 0.3 is 0 Å². The monoisotopic (exact) mass is 326 g/mol. The molecule has 120 valence electrons. The first-order valence-corrected chi connectivity index (χ1v) is 8.28. The maximum atomic E-state index is 12.2. The van der Waals surface area contributed by atoms with Gasteiger partial charge in [0.05, 0.1) is 5.56 Å². The number of nitriles is 1. The van der Waals surface area contributed by atoms with E-state index in [1.54, 1.807) is 18.2 Å². The van der Waals surface area contributed by atoms with E-state index in [0.717, 1.165) is 11.3 Å². The van der Waals surface area contributed by atoms with E-state index >= 15 is 0 Å². The van der Waals surface area contributed by atoms with E-state index in [1.807, 2.05) is 18.2 Å². The van der Waals surface area contributed by atoms with E-state index in [2.05, 4.69) is 38.4 Å².